The molecule has 1 N–H and O–H groups in total. The van der Waals surface area contributed by atoms with E-state index in [-0.39, 0.29) is 18.8 Å². The Hall–Kier alpha value is -2.00. The average molecular weight is 391 g/mol. The minimum absolute atomic E-state index is 0.121. The van der Waals surface area contributed by atoms with Gasteiger partial charge in [0.25, 0.3) is 10.2 Å². The van der Waals surface area contributed by atoms with Crippen molar-refractivity contribution >= 4 is 10.2 Å². The van der Waals surface area contributed by atoms with E-state index in [0.717, 1.165) is 11.1 Å². The molecular weight excluding hydrogens is 366 g/mol. The average Bonchev–Trinajstić information content (AvgIpc) is 2.65. The van der Waals surface area contributed by atoms with Gasteiger partial charge in [0, 0.05) is 31.9 Å². The first-order valence-electron chi connectivity index (χ1n) is 8.94. The third-order valence-electron chi connectivity index (χ3n) is 4.21. The van der Waals surface area contributed by atoms with Gasteiger partial charge in [0.2, 0.25) is 5.88 Å². The van der Waals surface area contributed by atoms with E-state index in [4.69, 9.17) is 9.47 Å². The maximum atomic E-state index is 12.6. The smallest absolute Gasteiger partial charge is 0.279 e. The van der Waals surface area contributed by atoms with E-state index >= 15 is 0 Å². The number of ether oxygens (including phenoxy) is 2. The fraction of sp³-hybridized carbons (Fsp3) is 0.421. The number of hydrogen-bond donors (Lipinski definition) is 1. The number of nitrogens with one attached hydrogen (secondary N) is 1. The number of rotatable bonds is 7. The highest BCUT2D eigenvalue weighted by atomic mass is 32.2. The molecule has 0 radical (unpaired) electrons. The van der Waals surface area contributed by atoms with Gasteiger partial charge >= 0.3 is 0 Å². The molecular formula is C19H25N3O4S. The summed E-state index contributed by atoms with van der Waals surface area (Å²) in [7, 11) is -3.57. The first-order valence-corrected chi connectivity index (χ1v) is 10.4. The summed E-state index contributed by atoms with van der Waals surface area (Å²) in [6, 6.07) is 13.3. The van der Waals surface area contributed by atoms with Crippen molar-refractivity contribution in [2.45, 2.75) is 39.2 Å². The summed E-state index contributed by atoms with van der Waals surface area (Å²) in [5.41, 5.74) is 1.83. The Morgan fingerprint density at radius 1 is 1.15 bits per heavy atom. The molecule has 2 unspecified atom stereocenters. The lowest BCUT2D eigenvalue weighted by atomic mass is 10.2. The van der Waals surface area contributed by atoms with Gasteiger partial charge in [0.1, 0.15) is 6.61 Å². The molecule has 2 aromatic rings. The second-order valence-corrected chi connectivity index (χ2v) is 8.43. The van der Waals surface area contributed by atoms with Crippen molar-refractivity contribution in [3.63, 3.8) is 0 Å². The van der Waals surface area contributed by atoms with E-state index in [0.29, 0.717) is 25.6 Å². The number of pyridine rings is 1. The molecule has 1 aliphatic rings. The zero-order valence-corrected chi connectivity index (χ0v) is 16.4. The van der Waals surface area contributed by atoms with E-state index in [1.54, 1.807) is 18.3 Å². The summed E-state index contributed by atoms with van der Waals surface area (Å²) in [5.74, 6) is 0.462. The molecule has 1 saturated heterocycles. The number of nitrogens with zero attached hydrogens (tertiary/aromatic N) is 2. The van der Waals surface area contributed by atoms with Gasteiger partial charge in [0.05, 0.1) is 12.2 Å². The Bertz CT molecular complexity index is 835. The van der Waals surface area contributed by atoms with Crippen LogP contribution in [-0.2, 0) is 28.1 Å². The molecule has 0 saturated carbocycles. The van der Waals surface area contributed by atoms with Crippen LogP contribution in [0.5, 0.6) is 5.88 Å². The molecule has 1 aromatic carbocycles. The van der Waals surface area contributed by atoms with Crippen molar-refractivity contribution < 1.29 is 17.9 Å². The van der Waals surface area contributed by atoms with Crippen LogP contribution in [0.15, 0.2) is 48.7 Å². The van der Waals surface area contributed by atoms with Crippen LogP contribution in [0.25, 0.3) is 0 Å². The summed E-state index contributed by atoms with van der Waals surface area (Å²) in [6.45, 7) is 5.02. The molecule has 1 aromatic heterocycles. The van der Waals surface area contributed by atoms with Gasteiger partial charge in [-0.1, -0.05) is 30.3 Å². The van der Waals surface area contributed by atoms with Crippen LogP contribution < -0.4 is 9.46 Å². The standard InChI is InChI=1S/C19H25N3O4S/c1-15-12-22(13-16(2)26-15)27(23,24)21-11-18-8-9-20-19(10-18)25-14-17-6-4-3-5-7-17/h3-10,15-16,21H,11-14H2,1-2H3. The van der Waals surface area contributed by atoms with Crippen LogP contribution in [-0.4, -0.2) is 43.0 Å². The van der Waals surface area contributed by atoms with Crippen LogP contribution in [0, 0.1) is 0 Å². The van der Waals surface area contributed by atoms with E-state index in [2.05, 4.69) is 9.71 Å². The lowest BCUT2D eigenvalue weighted by molar-refractivity contribution is -0.0444. The van der Waals surface area contributed by atoms with Gasteiger partial charge in [-0.2, -0.15) is 17.4 Å². The van der Waals surface area contributed by atoms with Crippen LogP contribution in [0.3, 0.4) is 0 Å². The molecule has 0 spiro atoms. The number of morpholine rings is 1. The van der Waals surface area contributed by atoms with Gasteiger partial charge in [0.15, 0.2) is 0 Å². The van der Waals surface area contributed by atoms with E-state index in [9.17, 15) is 8.42 Å². The summed E-state index contributed by atoms with van der Waals surface area (Å²) in [5, 5.41) is 0. The van der Waals surface area contributed by atoms with Crippen molar-refractivity contribution in [3.05, 3.63) is 59.8 Å². The Kier molecular flexibility index (Phi) is 6.43. The summed E-state index contributed by atoms with van der Waals surface area (Å²) >= 11 is 0. The Morgan fingerprint density at radius 3 is 2.56 bits per heavy atom. The third kappa shape index (κ3) is 5.74. The number of aromatic nitrogens is 1. The molecule has 0 bridgehead atoms. The summed E-state index contributed by atoms with van der Waals surface area (Å²) in [4.78, 5) is 4.18. The number of benzene rings is 1. The molecule has 27 heavy (non-hydrogen) atoms. The zero-order valence-electron chi connectivity index (χ0n) is 15.5. The lowest BCUT2D eigenvalue weighted by Gasteiger charge is -2.34. The first-order chi connectivity index (χ1) is 12.9. The molecule has 7 nitrogen and oxygen atoms in total. The molecule has 1 fully saturated rings. The van der Waals surface area contributed by atoms with E-state index in [1.807, 2.05) is 44.2 Å². The third-order valence-corrected chi connectivity index (χ3v) is 5.70. The van der Waals surface area contributed by atoms with Gasteiger partial charge in [-0.05, 0) is 31.0 Å². The fourth-order valence-electron chi connectivity index (χ4n) is 2.96. The molecule has 146 valence electrons. The first kappa shape index (κ1) is 19.8. The van der Waals surface area contributed by atoms with Crippen molar-refractivity contribution in [3.8, 4) is 5.88 Å². The minimum atomic E-state index is -3.57. The molecule has 0 aliphatic carbocycles. The SMILES string of the molecule is CC1CN(S(=O)(=O)NCc2ccnc(OCc3ccccc3)c2)CC(C)O1. The molecule has 2 atom stereocenters. The number of hydrogen-bond acceptors (Lipinski definition) is 5. The Balaban J connectivity index is 1.57. The second-order valence-electron chi connectivity index (χ2n) is 6.68. The van der Waals surface area contributed by atoms with Crippen molar-refractivity contribution in [2.24, 2.45) is 0 Å². The predicted octanol–water partition coefficient (Wildman–Crippen LogP) is 2.10. The van der Waals surface area contributed by atoms with Crippen molar-refractivity contribution in [1.82, 2.24) is 14.0 Å². The van der Waals surface area contributed by atoms with Crippen LogP contribution in [0.2, 0.25) is 0 Å². The molecule has 0 amide bonds. The van der Waals surface area contributed by atoms with Gasteiger partial charge in [-0.15, -0.1) is 0 Å². The summed E-state index contributed by atoms with van der Waals surface area (Å²) < 4.78 is 40.5. The van der Waals surface area contributed by atoms with E-state index in [1.165, 1.54) is 4.31 Å². The monoisotopic (exact) mass is 391 g/mol. The van der Waals surface area contributed by atoms with E-state index < -0.39 is 10.2 Å². The highest BCUT2D eigenvalue weighted by molar-refractivity contribution is 7.87. The fourth-order valence-corrected chi connectivity index (χ4v) is 4.31. The highest BCUT2D eigenvalue weighted by Gasteiger charge is 2.30. The molecule has 3 rings (SSSR count). The maximum absolute atomic E-state index is 12.6. The summed E-state index contributed by atoms with van der Waals surface area (Å²) in [6.07, 6.45) is 1.37. The van der Waals surface area contributed by atoms with Crippen LogP contribution >= 0.6 is 0 Å². The quantitative estimate of drug-likeness (QED) is 0.782. The second kappa shape index (κ2) is 8.79. The largest absolute Gasteiger partial charge is 0.473 e. The Morgan fingerprint density at radius 2 is 1.85 bits per heavy atom. The normalized spacial score (nSPS) is 21.1. The van der Waals surface area contributed by atoms with Gasteiger partial charge < -0.3 is 9.47 Å². The van der Waals surface area contributed by atoms with Gasteiger partial charge in [-0.25, -0.2) is 4.98 Å². The highest BCUT2D eigenvalue weighted by Crippen LogP contribution is 2.15. The molecule has 1 aliphatic heterocycles. The molecule has 2 heterocycles. The maximum Gasteiger partial charge on any atom is 0.279 e. The van der Waals surface area contributed by atoms with Crippen molar-refractivity contribution in [2.75, 3.05) is 13.1 Å². The zero-order chi connectivity index (χ0) is 19.3. The topological polar surface area (TPSA) is 80.8 Å². The Labute approximate surface area is 160 Å². The van der Waals surface area contributed by atoms with Crippen LogP contribution in [0.4, 0.5) is 0 Å². The predicted molar refractivity (Wildman–Crippen MR) is 102 cm³/mol. The van der Waals surface area contributed by atoms with Crippen LogP contribution in [0.1, 0.15) is 25.0 Å². The van der Waals surface area contributed by atoms with Crippen molar-refractivity contribution in [1.29, 1.82) is 0 Å². The van der Waals surface area contributed by atoms with Gasteiger partial charge in [-0.3, -0.25) is 0 Å². The lowest BCUT2D eigenvalue weighted by Crippen LogP contribution is -2.51. The molecule has 8 heteroatoms. The minimum Gasteiger partial charge on any atom is -0.473 e.